The zero-order valence-corrected chi connectivity index (χ0v) is 12.4. The van der Waals surface area contributed by atoms with Crippen LogP contribution in [-0.2, 0) is 6.42 Å². The molecule has 0 saturated carbocycles. The predicted octanol–water partition coefficient (Wildman–Crippen LogP) is 1.42. The Morgan fingerprint density at radius 2 is 2.00 bits per heavy atom. The standard InChI is InChI=1S/C14H12ClN5O2/c1-2-9-17-10(12(16)21)11-13(18-9)20(14(22)19-11)8-5-3-7(15)4-6-8/h3-6H,2H2,1H3,(H2,16,21)(H,19,22). The first-order chi connectivity index (χ1) is 10.5. The molecule has 0 fully saturated rings. The summed E-state index contributed by atoms with van der Waals surface area (Å²) in [7, 11) is 0. The number of aryl methyl sites for hydroxylation is 1. The molecule has 0 saturated heterocycles. The Bertz CT molecular complexity index is 927. The Kier molecular flexibility index (Phi) is 3.42. The van der Waals surface area contributed by atoms with Crippen molar-refractivity contribution < 1.29 is 4.79 Å². The summed E-state index contributed by atoms with van der Waals surface area (Å²) in [6.07, 6.45) is 0.510. The minimum absolute atomic E-state index is 0.00617. The van der Waals surface area contributed by atoms with Gasteiger partial charge in [0, 0.05) is 11.4 Å². The molecule has 112 valence electrons. The van der Waals surface area contributed by atoms with Crippen LogP contribution in [0.4, 0.5) is 0 Å². The molecule has 2 heterocycles. The van der Waals surface area contributed by atoms with Crippen LogP contribution < -0.4 is 11.4 Å². The Labute approximate surface area is 129 Å². The van der Waals surface area contributed by atoms with Crippen molar-refractivity contribution in [2.75, 3.05) is 0 Å². The van der Waals surface area contributed by atoms with E-state index >= 15 is 0 Å². The molecule has 3 rings (SSSR count). The first kappa shape index (κ1) is 14.3. The molecule has 7 nitrogen and oxygen atoms in total. The number of halogens is 1. The van der Waals surface area contributed by atoms with Crippen LogP contribution in [0.3, 0.4) is 0 Å². The average Bonchev–Trinajstić information content (AvgIpc) is 2.82. The van der Waals surface area contributed by atoms with Crippen molar-refractivity contribution in [1.29, 1.82) is 0 Å². The summed E-state index contributed by atoms with van der Waals surface area (Å²) >= 11 is 5.86. The Morgan fingerprint density at radius 1 is 1.32 bits per heavy atom. The SMILES string of the molecule is CCc1nc(C(N)=O)c2[nH]c(=O)n(-c3ccc(Cl)cc3)c2n1. The number of carbonyl (C=O) groups excluding carboxylic acids is 1. The molecule has 0 aliphatic carbocycles. The van der Waals surface area contributed by atoms with Gasteiger partial charge in [-0.1, -0.05) is 18.5 Å². The number of imidazole rings is 1. The summed E-state index contributed by atoms with van der Waals surface area (Å²) in [6.45, 7) is 1.85. The number of carbonyl (C=O) groups is 1. The second kappa shape index (κ2) is 5.27. The van der Waals surface area contributed by atoms with Gasteiger partial charge in [0.25, 0.3) is 5.91 Å². The van der Waals surface area contributed by atoms with Crippen LogP contribution in [0.5, 0.6) is 0 Å². The number of fused-ring (bicyclic) bond motifs is 1. The highest BCUT2D eigenvalue weighted by molar-refractivity contribution is 6.30. The lowest BCUT2D eigenvalue weighted by Gasteiger charge is -2.05. The predicted molar refractivity (Wildman–Crippen MR) is 82.4 cm³/mol. The van der Waals surface area contributed by atoms with E-state index in [9.17, 15) is 9.59 Å². The monoisotopic (exact) mass is 317 g/mol. The summed E-state index contributed by atoms with van der Waals surface area (Å²) in [6, 6.07) is 6.71. The molecule has 3 aromatic rings. The number of hydrogen-bond acceptors (Lipinski definition) is 4. The van der Waals surface area contributed by atoms with Gasteiger partial charge in [-0.15, -0.1) is 0 Å². The summed E-state index contributed by atoms with van der Waals surface area (Å²) < 4.78 is 1.36. The smallest absolute Gasteiger partial charge is 0.332 e. The third kappa shape index (κ3) is 2.25. The Balaban J connectivity index is 2.38. The molecule has 1 aromatic carbocycles. The number of H-pyrrole nitrogens is 1. The van der Waals surface area contributed by atoms with Crippen LogP contribution in [0.1, 0.15) is 23.2 Å². The second-order valence-corrected chi connectivity index (χ2v) is 5.08. The maximum atomic E-state index is 12.3. The van der Waals surface area contributed by atoms with E-state index in [1.54, 1.807) is 24.3 Å². The van der Waals surface area contributed by atoms with Crippen LogP contribution in [0.15, 0.2) is 29.1 Å². The number of hydrogen-bond donors (Lipinski definition) is 2. The maximum Gasteiger partial charge on any atom is 0.332 e. The molecule has 3 N–H and O–H groups in total. The number of nitrogens with zero attached hydrogens (tertiary/aromatic N) is 3. The Hall–Kier alpha value is -2.67. The van der Waals surface area contributed by atoms with Crippen LogP contribution in [0.2, 0.25) is 5.02 Å². The van der Waals surface area contributed by atoms with E-state index in [2.05, 4.69) is 15.0 Å². The summed E-state index contributed by atoms with van der Waals surface area (Å²) in [4.78, 5) is 34.8. The van der Waals surface area contributed by atoms with E-state index in [1.165, 1.54) is 4.57 Å². The second-order valence-electron chi connectivity index (χ2n) is 4.65. The average molecular weight is 318 g/mol. The van der Waals surface area contributed by atoms with Gasteiger partial charge in [-0.3, -0.25) is 4.79 Å². The Morgan fingerprint density at radius 3 is 2.59 bits per heavy atom. The highest BCUT2D eigenvalue weighted by atomic mass is 35.5. The van der Waals surface area contributed by atoms with Crippen molar-refractivity contribution in [3.05, 3.63) is 51.3 Å². The van der Waals surface area contributed by atoms with Crippen molar-refractivity contribution in [2.45, 2.75) is 13.3 Å². The van der Waals surface area contributed by atoms with Crippen molar-refractivity contribution in [3.63, 3.8) is 0 Å². The lowest BCUT2D eigenvalue weighted by atomic mass is 10.3. The van der Waals surface area contributed by atoms with Gasteiger partial charge in [-0.05, 0) is 24.3 Å². The van der Waals surface area contributed by atoms with Crippen LogP contribution in [0, 0.1) is 0 Å². The van der Waals surface area contributed by atoms with Gasteiger partial charge in [0.05, 0.1) is 5.69 Å². The van der Waals surface area contributed by atoms with Gasteiger partial charge in [-0.2, -0.15) is 0 Å². The third-order valence-electron chi connectivity index (χ3n) is 3.22. The molecular weight excluding hydrogens is 306 g/mol. The lowest BCUT2D eigenvalue weighted by molar-refractivity contribution is 0.0997. The van der Waals surface area contributed by atoms with Gasteiger partial charge in [0.15, 0.2) is 11.3 Å². The van der Waals surface area contributed by atoms with Crippen molar-refractivity contribution in [2.24, 2.45) is 5.73 Å². The molecule has 0 aliphatic rings. The summed E-state index contributed by atoms with van der Waals surface area (Å²) in [5.74, 6) is -0.283. The highest BCUT2D eigenvalue weighted by Gasteiger charge is 2.18. The highest BCUT2D eigenvalue weighted by Crippen LogP contribution is 2.18. The molecule has 0 bridgehead atoms. The van der Waals surface area contributed by atoms with Gasteiger partial charge < -0.3 is 10.7 Å². The van der Waals surface area contributed by atoms with Gasteiger partial charge in [0.2, 0.25) is 0 Å². The van der Waals surface area contributed by atoms with E-state index in [-0.39, 0.29) is 11.2 Å². The molecular formula is C14H12ClN5O2. The molecule has 2 aromatic heterocycles. The van der Waals surface area contributed by atoms with E-state index in [0.29, 0.717) is 28.6 Å². The summed E-state index contributed by atoms with van der Waals surface area (Å²) in [5.41, 5.74) is 6.04. The van der Waals surface area contributed by atoms with E-state index in [0.717, 1.165) is 0 Å². The molecule has 0 spiro atoms. The quantitative estimate of drug-likeness (QED) is 0.761. The minimum atomic E-state index is -0.716. The fourth-order valence-corrected chi connectivity index (χ4v) is 2.32. The first-order valence-corrected chi connectivity index (χ1v) is 6.96. The van der Waals surface area contributed by atoms with Crippen LogP contribution in [0.25, 0.3) is 16.9 Å². The molecule has 22 heavy (non-hydrogen) atoms. The normalized spacial score (nSPS) is 11.0. The third-order valence-corrected chi connectivity index (χ3v) is 3.47. The fourth-order valence-electron chi connectivity index (χ4n) is 2.20. The largest absolute Gasteiger partial charge is 0.364 e. The number of aromatic amines is 1. The molecule has 8 heteroatoms. The van der Waals surface area contributed by atoms with Gasteiger partial charge in [-0.25, -0.2) is 19.3 Å². The zero-order valence-electron chi connectivity index (χ0n) is 11.6. The number of primary amides is 1. The van der Waals surface area contributed by atoms with Crippen molar-refractivity contribution >= 4 is 28.7 Å². The van der Waals surface area contributed by atoms with E-state index in [1.807, 2.05) is 6.92 Å². The van der Waals surface area contributed by atoms with Crippen LogP contribution in [-0.4, -0.2) is 25.4 Å². The maximum absolute atomic E-state index is 12.3. The fraction of sp³-hybridized carbons (Fsp3) is 0.143. The molecule has 0 aliphatic heterocycles. The molecule has 0 unspecified atom stereocenters. The topological polar surface area (TPSA) is 107 Å². The number of nitrogens with two attached hydrogens (primary N) is 1. The first-order valence-electron chi connectivity index (χ1n) is 6.58. The molecule has 1 amide bonds. The lowest BCUT2D eigenvalue weighted by Crippen LogP contribution is -2.16. The van der Waals surface area contributed by atoms with Crippen molar-refractivity contribution in [1.82, 2.24) is 19.5 Å². The molecule has 0 atom stereocenters. The number of rotatable bonds is 3. The number of amides is 1. The molecule has 0 radical (unpaired) electrons. The van der Waals surface area contributed by atoms with Gasteiger partial charge in [0.1, 0.15) is 11.3 Å². The summed E-state index contributed by atoms with van der Waals surface area (Å²) in [5, 5.41) is 0.554. The number of aromatic nitrogens is 4. The number of benzene rings is 1. The van der Waals surface area contributed by atoms with Crippen molar-refractivity contribution in [3.8, 4) is 5.69 Å². The van der Waals surface area contributed by atoms with E-state index < -0.39 is 11.6 Å². The van der Waals surface area contributed by atoms with E-state index in [4.69, 9.17) is 17.3 Å². The van der Waals surface area contributed by atoms with Gasteiger partial charge >= 0.3 is 5.69 Å². The minimum Gasteiger partial charge on any atom is -0.364 e. The van der Waals surface area contributed by atoms with Crippen LogP contribution >= 0.6 is 11.6 Å². The zero-order chi connectivity index (χ0) is 15.9. The number of nitrogens with one attached hydrogen (secondary N) is 1.